The number of aryl methyl sites for hydroxylation is 1. The van der Waals surface area contributed by atoms with Gasteiger partial charge in [-0.2, -0.15) is 5.10 Å². The number of fused-ring (bicyclic) bond motifs is 1. The number of amides is 1. The predicted molar refractivity (Wildman–Crippen MR) is 122 cm³/mol. The van der Waals surface area contributed by atoms with Crippen LogP contribution in [0.1, 0.15) is 60.4 Å². The average molecular weight is 422 g/mol. The number of aromatic nitrogens is 3. The van der Waals surface area contributed by atoms with Crippen molar-refractivity contribution in [2.75, 3.05) is 26.7 Å². The summed E-state index contributed by atoms with van der Waals surface area (Å²) in [5, 5.41) is 8.43. The Labute approximate surface area is 183 Å². The lowest BCUT2D eigenvalue weighted by molar-refractivity contribution is 0.0939. The summed E-state index contributed by atoms with van der Waals surface area (Å²) < 4.78 is 7.17. The Morgan fingerprint density at radius 3 is 2.55 bits per heavy atom. The van der Waals surface area contributed by atoms with Gasteiger partial charge < -0.3 is 10.1 Å². The average Bonchev–Trinajstić information content (AvgIpc) is 3.44. The fourth-order valence-corrected chi connectivity index (χ4v) is 4.33. The van der Waals surface area contributed by atoms with Gasteiger partial charge in [0.15, 0.2) is 5.65 Å². The Balaban J connectivity index is 1.58. The number of rotatable bonds is 7. The predicted octanol–water partition coefficient (Wildman–Crippen LogP) is 3.90. The van der Waals surface area contributed by atoms with Crippen LogP contribution in [0.4, 0.5) is 0 Å². The topological polar surface area (TPSA) is 72.3 Å². The van der Waals surface area contributed by atoms with Crippen LogP contribution in [0.15, 0.2) is 36.5 Å². The lowest BCUT2D eigenvalue weighted by Gasteiger charge is -2.28. The summed E-state index contributed by atoms with van der Waals surface area (Å²) in [7, 11) is 1.67. The molecule has 1 fully saturated rings. The molecule has 7 heteroatoms. The van der Waals surface area contributed by atoms with E-state index in [1.807, 2.05) is 29.8 Å². The number of methoxy groups -OCH3 is 1. The van der Waals surface area contributed by atoms with Crippen LogP contribution >= 0.6 is 0 Å². The summed E-state index contributed by atoms with van der Waals surface area (Å²) in [4.78, 5) is 20.3. The highest BCUT2D eigenvalue weighted by molar-refractivity contribution is 6.05. The number of hydrogen-bond donors (Lipinski definition) is 1. The van der Waals surface area contributed by atoms with Crippen molar-refractivity contribution in [3.05, 3.63) is 53.3 Å². The minimum absolute atomic E-state index is 0.0866. The quantitative estimate of drug-likeness (QED) is 0.626. The van der Waals surface area contributed by atoms with Gasteiger partial charge in [0, 0.05) is 18.3 Å². The second-order valence-corrected chi connectivity index (χ2v) is 8.47. The Hall–Kier alpha value is -2.93. The molecule has 7 nitrogen and oxygen atoms in total. The summed E-state index contributed by atoms with van der Waals surface area (Å²) in [5.74, 6) is 0.751. The third-order valence-electron chi connectivity index (χ3n) is 5.97. The van der Waals surface area contributed by atoms with Crippen molar-refractivity contribution in [1.82, 2.24) is 25.0 Å². The third kappa shape index (κ3) is 4.42. The molecular formula is C24H31N5O2. The Morgan fingerprint density at radius 1 is 1.19 bits per heavy atom. The Bertz CT molecular complexity index is 1050. The first kappa shape index (κ1) is 21.3. The number of nitrogens with one attached hydrogen (secondary N) is 1. The minimum Gasteiger partial charge on any atom is -0.497 e. The van der Waals surface area contributed by atoms with E-state index in [9.17, 15) is 4.79 Å². The van der Waals surface area contributed by atoms with E-state index in [-0.39, 0.29) is 18.0 Å². The highest BCUT2D eigenvalue weighted by Crippen LogP contribution is 2.27. The van der Waals surface area contributed by atoms with Crippen LogP contribution in [0.2, 0.25) is 0 Å². The van der Waals surface area contributed by atoms with E-state index in [0.717, 1.165) is 35.6 Å². The van der Waals surface area contributed by atoms with Gasteiger partial charge in [-0.05, 0) is 70.5 Å². The van der Waals surface area contributed by atoms with Crippen LogP contribution in [-0.2, 0) is 0 Å². The fourth-order valence-electron chi connectivity index (χ4n) is 4.33. The molecule has 1 aliphatic heterocycles. The number of pyridine rings is 1. The van der Waals surface area contributed by atoms with E-state index in [4.69, 9.17) is 4.74 Å². The third-order valence-corrected chi connectivity index (χ3v) is 5.97. The van der Waals surface area contributed by atoms with E-state index in [0.29, 0.717) is 12.1 Å². The number of nitrogens with zero attached hydrogens (tertiary/aromatic N) is 4. The second-order valence-electron chi connectivity index (χ2n) is 8.47. The van der Waals surface area contributed by atoms with E-state index in [2.05, 4.69) is 46.3 Å². The molecule has 1 amide bonds. The number of likely N-dealkylation sites (tertiary alicyclic amines) is 1. The molecule has 1 atom stereocenters. The van der Waals surface area contributed by atoms with Gasteiger partial charge in [0.2, 0.25) is 0 Å². The molecule has 4 rings (SSSR count). The molecule has 1 saturated heterocycles. The van der Waals surface area contributed by atoms with Crippen LogP contribution in [0, 0.1) is 6.92 Å². The maximum atomic E-state index is 13.2. The molecule has 3 aromatic rings. The maximum Gasteiger partial charge on any atom is 0.252 e. The van der Waals surface area contributed by atoms with Crippen molar-refractivity contribution < 1.29 is 9.53 Å². The summed E-state index contributed by atoms with van der Waals surface area (Å²) >= 11 is 0. The van der Waals surface area contributed by atoms with Crippen molar-refractivity contribution >= 4 is 16.9 Å². The molecule has 3 heterocycles. The minimum atomic E-state index is -0.0866. The molecule has 31 heavy (non-hydrogen) atoms. The SMILES string of the molecule is COc1ccc(C(CNC(=O)c2cc(C)nc3c2cnn3C(C)C)N2CCCC2)cc1. The van der Waals surface area contributed by atoms with Crippen LogP contribution in [0.3, 0.4) is 0 Å². The van der Waals surface area contributed by atoms with Crippen LogP contribution in [0.5, 0.6) is 5.75 Å². The molecule has 1 aromatic carbocycles. The van der Waals surface area contributed by atoms with Gasteiger partial charge in [-0.3, -0.25) is 9.69 Å². The zero-order chi connectivity index (χ0) is 22.0. The first-order valence-electron chi connectivity index (χ1n) is 11.0. The first-order chi connectivity index (χ1) is 15.0. The molecule has 1 N–H and O–H groups in total. The monoisotopic (exact) mass is 421 g/mol. The van der Waals surface area contributed by atoms with Gasteiger partial charge in [0.1, 0.15) is 5.75 Å². The number of ether oxygens (including phenoxy) is 1. The highest BCUT2D eigenvalue weighted by Gasteiger charge is 2.25. The van der Waals surface area contributed by atoms with E-state index < -0.39 is 0 Å². The lowest BCUT2D eigenvalue weighted by Crippen LogP contribution is -2.36. The van der Waals surface area contributed by atoms with Crippen molar-refractivity contribution in [3.8, 4) is 5.75 Å². The molecule has 0 spiro atoms. The molecule has 1 aliphatic rings. The number of benzene rings is 1. The smallest absolute Gasteiger partial charge is 0.252 e. The number of carbonyl (C=O) groups is 1. The maximum absolute atomic E-state index is 13.2. The number of hydrogen-bond acceptors (Lipinski definition) is 5. The Morgan fingerprint density at radius 2 is 1.90 bits per heavy atom. The zero-order valence-corrected chi connectivity index (χ0v) is 18.8. The molecule has 164 valence electrons. The van der Waals surface area contributed by atoms with Gasteiger partial charge in [-0.25, -0.2) is 9.67 Å². The van der Waals surface area contributed by atoms with Gasteiger partial charge in [0.25, 0.3) is 5.91 Å². The summed E-state index contributed by atoms with van der Waals surface area (Å²) in [6, 6.07) is 10.3. The van der Waals surface area contributed by atoms with Gasteiger partial charge in [-0.1, -0.05) is 12.1 Å². The molecule has 2 aromatic heterocycles. The summed E-state index contributed by atoms with van der Waals surface area (Å²) in [6.07, 6.45) is 4.14. The fraction of sp³-hybridized carbons (Fsp3) is 0.458. The lowest BCUT2D eigenvalue weighted by atomic mass is 10.0. The highest BCUT2D eigenvalue weighted by atomic mass is 16.5. The van der Waals surface area contributed by atoms with Crippen LogP contribution in [-0.4, -0.2) is 52.3 Å². The largest absolute Gasteiger partial charge is 0.497 e. The van der Waals surface area contributed by atoms with Crippen molar-refractivity contribution in [2.24, 2.45) is 0 Å². The standard InChI is InChI=1S/C24H31N5O2/c1-16(2)29-23-21(14-26-29)20(13-17(3)27-23)24(30)25-15-22(28-11-5-6-12-28)18-7-9-19(31-4)10-8-18/h7-10,13-14,16,22H,5-6,11-12,15H2,1-4H3,(H,25,30). The van der Waals surface area contributed by atoms with Crippen molar-refractivity contribution in [2.45, 2.75) is 45.7 Å². The van der Waals surface area contributed by atoms with E-state index >= 15 is 0 Å². The Kier molecular flexibility index (Phi) is 6.23. The zero-order valence-electron chi connectivity index (χ0n) is 18.8. The molecule has 0 aliphatic carbocycles. The van der Waals surface area contributed by atoms with Gasteiger partial charge >= 0.3 is 0 Å². The first-order valence-corrected chi connectivity index (χ1v) is 11.0. The van der Waals surface area contributed by atoms with Gasteiger partial charge in [0.05, 0.1) is 30.3 Å². The second kappa shape index (κ2) is 9.06. The van der Waals surface area contributed by atoms with Crippen molar-refractivity contribution in [1.29, 1.82) is 0 Å². The van der Waals surface area contributed by atoms with Gasteiger partial charge in [-0.15, -0.1) is 0 Å². The summed E-state index contributed by atoms with van der Waals surface area (Å²) in [6.45, 7) is 8.68. The van der Waals surface area contributed by atoms with Crippen LogP contribution < -0.4 is 10.1 Å². The van der Waals surface area contributed by atoms with E-state index in [1.54, 1.807) is 13.3 Å². The molecule has 0 bridgehead atoms. The van der Waals surface area contributed by atoms with E-state index in [1.165, 1.54) is 18.4 Å². The molecule has 0 radical (unpaired) electrons. The van der Waals surface area contributed by atoms with Crippen LogP contribution in [0.25, 0.3) is 11.0 Å². The molecule has 1 unspecified atom stereocenters. The molecular weight excluding hydrogens is 390 g/mol. The molecule has 0 saturated carbocycles. The normalized spacial score (nSPS) is 15.5. The van der Waals surface area contributed by atoms with Crippen molar-refractivity contribution in [3.63, 3.8) is 0 Å². The number of carbonyl (C=O) groups excluding carboxylic acids is 1. The summed E-state index contributed by atoms with van der Waals surface area (Å²) in [5.41, 5.74) is 3.38.